The first-order valence-corrected chi connectivity index (χ1v) is 7.06. The van der Waals surface area contributed by atoms with Crippen LogP contribution in [-0.4, -0.2) is 6.04 Å². The first kappa shape index (κ1) is 14.8. The van der Waals surface area contributed by atoms with Gasteiger partial charge >= 0.3 is 0 Å². The third kappa shape index (κ3) is 5.76. The molecule has 0 aromatic heterocycles. The van der Waals surface area contributed by atoms with Gasteiger partial charge in [0.25, 0.3) is 0 Å². The summed E-state index contributed by atoms with van der Waals surface area (Å²) in [6.45, 7) is 5.31. The molecule has 0 aliphatic heterocycles. The SMILES string of the molecule is CCCCCC(C)NCc1ccc(Cl)c(Cl)c1. The Balaban J connectivity index is 2.31. The fourth-order valence-electron chi connectivity index (χ4n) is 1.74. The van der Waals surface area contributed by atoms with Crippen LogP contribution in [0.3, 0.4) is 0 Å². The van der Waals surface area contributed by atoms with Gasteiger partial charge in [0.15, 0.2) is 0 Å². The Morgan fingerprint density at radius 3 is 2.59 bits per heavy atom. The van der Waals surface area contributed by atoms with Crippen molar-refractivity contribution in [1.29, 1.82) is 0 Å². The monoisotopic (exact) mass is 273 g/mol. The van der Waals surface area contributed by atoms with Crippen molar-refractivity contribution in [2.75, 3.05) is 0 Å². The molecular weight excluding hydrogens is 253 g/mol. The van der Waals surface area contributed by atoms with Crippen molar-refractivity contribution in [3.63, 3.8) is 0 Å². The van der Waals surface area contributed by atoms with Gasteiger partial charge in [-0.3, -0.25) is 0 Å². The van der Waals surface area contributed by atoms with Crippen molar-refractivity contribution in [2.24, 2.45) is 0 Å². The number of benzene rings is 1. The number of unbranched alkanes of at least 4 members (excludes halogenated alkanes) is 2. The highest BCUT2D eigenvalue weighted by Gasteiger charge is 2.03. The molecule has 0 aliphatic carbocycles. The van der Waals surface area contributed by atoms with Crippen molar-refractivity contribution >= 4 is 23.2 Å². The average molecular weight is 274 g/mol. The van der Waals surface area contributed by atoms with Gasteiger partial charge in [-0.1, -0.05) is 55.5 Å². The Morgan fingerprint density at radius 1 is 1.18 bits per heavy atom. The second-order valence-electron chi connectivity index (χ2n) is 4.53. The minimum Gasteiger partial charge on any atom is -0.310 e. The van der Waals surface area contributed by atoms with E-state index in [9.17, 15) is 0 Å². The van der Waals surface area contributed by atoms with Gasteiger partial charge in [0.1, 0.15) is 0 Å². The number of hydrogen-bond donors (Lipinski definition) is 1. The third-order valence-corrected chi connectivity index (χ3v) is 3.62. The standard InChI is InChI=1S/C14H21Cl2N/c1-3-4-5-6-11(2)17-10-12-7-8-13(15)14(16)9-12/h7-9,11,17H,3-6,10H2,1-2H3. The van der Waals surface area contributed by atoms with Crippen LogP contribution in [0, 0.1) is 0 Å². The van der Waals surface area contributed by atoms with E-state index in [1.807, 2.05) is 18.2 Å². The fourth-order valence-corrected chi connectivity index (χ4v) is 2.06. The molecule has 0 saturated carbocycles. The Bertz CT molecular complexity index is 339. The molecule has 0 fully saturated rings. The fraction of sp³-hybridized carbons (Fsp3) is 0.571. The molecule has 96 valence electrons. The molecule has 0 spiro atoms. The van der Waals surface area contributed by atoms with Crippen molar-refractivity contribution in [1.82, 2.24) is 5.32 Å². The molecule has 1 rings (SSSR count). The van der Waals surface area contributed by atoms with Crippen LogP contribution in [0.4, 0.5) is 0 Å². The highest BCUT2D eigenvalue weighted by atomic mass is 35.5. The van der Waals surface area contributed by atoms with Crippen LogP contribution in [0.5, 0.6) is 0 Å². The Kier molecular flexibility index (Phi) is 6.94. The first-order valence-electron chi connectivity index (χ1n) is 6.30. The van der Waals surface area contributed by atoms with Crippen LogP contribution in [0.25, 0.3) is 0 Å². The van der Waals surface area contributed by atoms with Gasteiger partial charge in [-0.05, 0) is 31.0 Å². The molecule has 0 bridgehead atoms. The van der Waals surface area contributed by atoms with Gasteiger partial charge in [0, 0.05) is 12.6 Å². The summed E-state index contributed by atoms with van der Waals surface area (Å²) in [5.41, 5.74) is 1.18. The van der Waals surface area contributed by atoms with Crippen LogP contribution >= 0.6 is 23.2 Å². The molecule has 1 atom stereocenters. The lowest BCUT2D eigenvalue weighted by Crippen LogP contribution is -2.25. The van der Waals surface area contributed by atoms with Crippen LogP contribution in [0.1, 0.15) is 45.1 Å². The molecule has 0 radical (unpaired) electrons. The lowest BCUT2D eigenvalue weighted by molar-refractivity contribution is 0.487. The minimum atomic E-state index is 0.552. The number of hydrogen-bond acceptors (Lipinski definition) is 1. The van der Waals surface area contributed by atoms with E-state index in [0.717, 1.165) is 6.54 Å². The largest absolute Gasteiger partial charge is 0.310 e. The molecule has 0 heterocycles. The number of rotatable bonds is 7. The molecule has 1 aromatic rings. The van der Waals surface area contributed by atoms with Gasteiger partial charge in [-0.15, -0.1) is 0 Å². The zero-order chi connectivity index (χ0) is 12.7. The Hall–Kier alpha value is -0.240. The van der Waals surface area contributed by atoms with E-state index in [1.54, 1.807) is 0 Å². The predicted molar refractivity (Wildman–Crippen MR) is 76.9 cm³/mol. The summed E-state index contributed by atoms with van der Waals surface area (Å²) in [6.07, 6.45) is 5.12. The van der Waals surface area contributed by atoms with Crippen LogP contribution < -0.4 is 5.32 Å². The first-order chi connectivity index (χ1) is 8.13. The number of halogens is 2. The summed E-state index contributed by atoms with van der Waals surface area (Å²) in [5.74, 6) is 0. The lowest BCUT2D eigenvalue weighted by atomic mass is 10.1. The van der Waals surface area contributed by atoms with Gasteiger partial charge in [0.05, 0.1) is 10.0 Å². The number of nitrogens with one attached hydrogen (secondary N) is 1. The van der Waals surface area contributed by atoms with E-state index < -0.39 is 0 Å². The predicted octanol–water partition coefficient (Wildman–Crippen LogP) is 5.05. The quantitative estimate of drug-likeness (QED) is 0.686. The van der Waals surface area contributed by atoms with E-state index in [1.165, 1.54) is 31.2 Å². The molecule has 1 N–H and O–H groups in total. The summed E-state index contributed by atoms with van der Waals surface area (Å²) >= 11 is 11.8. The highest BCUT2D eigenvalue weighted by Crippen LogP contribution is 2.22. The van der Waals surface area contributed by atoms with Crippen molar-refractivity contribution < 1.29 is 0 Å². The average Bonchev–Trinajstić information content (AvgIpc) is 2.31. The second kappa shape index (κ2) is 7.97. The van der Waals surface area contributed by atoms with Gasteiger partial charge in [-0.25, -0.2) is 0 Å². The molecule has 1 unspecified atom stereocenters. The molecule has 0 saturated heterocycles. The molecule has 17 heavy (non-hydrogen) atoms. The van der Waals surface area contributed by atoms with Crippen LogP contribution in [-0.2, 0) is 6.54 Å². The van der Waals surface area contributed by atoms with Gasteiger partial charge in [-0.2, -0.15) is 0 Å². The topological polar surface area (TPSA) is 12.0 Å². The maximum atomic E-state index is 5.97. The summed E-state index contributed by atoms with van der Waals surface area (Å²) in [7, 11) is 0. The van der Waals surface area contributed by atoms with Crippen molar-refractivity contribution in [3.8, 4) is 0 Å². The molecule has 1 aromatic carbocycles. The Morgan fingerprint density at radius 2 is 1.94 bits per heavy atom. The summed E-state index contributed by atoms with van der Waals surface area (Å²) in [6, 6.07) is 6.34. The molecule has 1 nitrogen and oxygen atoms in total. The zero-order valence-electron chi connectivity index (χ0n) is 10.6. The van der Waals surface area contributed by atoms with Crippen molar-refractivity contribution in [3.05, 3.63) is 33.8 Å². The van der Waals surface area contributed by atoms with E-state index in [4.69, 9.17) is 23.2 Å². The summed E-state index contributed by atoms with van der Waals surface area (Å²) in [5, 5.41) is 4.75. The summed E-state index contributed by atoms with van der Waals surface area (Å²) < 4.78 is 0. The van der Waals surface area contributed by atoms with Crippen LogP contribution in [0.15, 0.2) is 18.2 Å². The zero-order valence-corrected chi connectivity index (χ0v) is 12.1. The van der Waals surface area contributed by atoms with E-state index in [0.29, 0.717) is 16.1 Å². The molecule has 0 amide bonds. The highest BCUT2D eigenvalue weighted by molar-refractivity contribution is 6.42. The van der Waals surface area contributed by atoms with E-state index >= 15 is 0 Å². The molecule has 3 heteroatoms. The third-order valence-electron chi connectivity index (χ3n) is 2.88. The lowest BCUT2D eigenvalue weighted by Gasteiger charge is -2.13. The molecular formula is C14H21Cl2N. The smallest absolute Gasteiger partial charge is 0.0595 e. The van der Waals surface area contributed by atoms with E-state index in [2.05, 4.69) is 19.2 Å². The second-order valence-corrected chi connectivity index (χ2v) is 5.34. The van der Waals surface area contributed by atoms with E-state index in [-0.39, 0.29) is 0 Å². The summed E-state index contributed by atoms with van der Waals surface area (Å²) in [4.78, 5) is 0. The molecule has 0 aliphatic rings. The van der Waals surface area contributed by atoms with Gasteiger partial charge < -0.3 is 5.32 Å². The Labute approximate surface area is 115 Å². The maximum absolute atomic E-state index is 5.97. The van der Waals surface area contributed by atoms with Crippen molar-refractivity contribution in [2.45, 2.75) is 52.1 Å². The van der Waals surface area contributed by atoms with Gasteiger partial charge in [0.2, 0.25) is 0 Å². The maximum Gasteiger partial charge on any atom is 0.0595 e. The minimum absolute atomic E-state index is 0.552. The normalized spacial score (nSPS) is 12.7. The van der Waals surface area contributed by atoms with Crippen LogP contribution in [0.2, 0.25) is 10.0 Å².